The molecule has 0 aromatic rings. The summed E-state index contributed by atoms with van der Waals surface area (Å²) >= 11 is 0. The van der Waals surface area contributed by atoms with Gasteiger partial charge in [0.05, 0.1) is 13.2 Å². The van der Waals surface area contributed by atoms with Gasteiger partial charge >= 0.3 is 0 Å². The maximum atomic E-state index is 10.2. The lowest BCUT2D eigenvalue weighted by molar-refractivity contribution is -0.331. The Labute approximate surface area is 174 Å². The van der Waals surface area contributed by atoms with Gasteiger partial charge in [0.1, 0.15) is 48.8 Å². The van der Waals surface area contributed by atoms with Gasteiger partial charge in [0, 0.05) is 13.2 Å². The molecule has 0 radical (unpaired) electrons. The van der Waals surface area contributed by atoms with Crippen LogP contribution in [0.1, 0.15) is 25.7 Å². The van der Waals surface area contributed by atoms with Gasteiger partial charge in [0.15, 0.2) is 12.6 Å². The standard InChI is InChI=1S/C18H34O12/c19-5-3-1-2-4-6-27-17-15(25)14(24)12(22)10(30-17)8-28-18-16(26)13(23)11(21)9(7-20)29-18/h9-26H,1-8H2/t9-,10-,11+,12+,13+,14+,15-,16-,17-,18-/m1/s1. The van der Waals surface area contributed by atoms with Crippen LogP contribution in [0.4, 0.5) is 0 Å². The Morgan fingerprint density at radius 2 is 1.10 bits per heavy atom. The van der Waals surface area contributed by atoms with Crippen molar-refractivity contribution in [3.8, 4) is 0 Å². The van der Waals surface area contributed by atoms with Crippen LogP contribution in [0.3, 0.4) is 0 Å². The Morgan fingerprint density at radius 3 is 1.70 bits per heavy atom. The molecule has 0 aliphatic carbocycles. The van der Waals surface area contributed by atoms with Crippen molar-refractivity contribution in [3.63, 3.8) is 0 Å². The molecule has 0 spiro atoms. The van der Waals surface area contributed by atoms with Gasteiger partial charge in [0.25, 0.3) is 0 Å². The summed E-state index contributed by atoms with van der Waals surface area (Å²) in [6, 6.07) is 0. The predicted octanol–water partition coefficient (Wildman–Crippen LogP) is -3.82. The van der Waals surface area contributed by atoms with Crippen LogP contribution in [0.2, 0.25) is 0 Å². The van der Waals surface area contributed by atoms with Crippen LogP contribution < -0.4 is 0 Å². The van der Waals surface area contributed by atoms with Crippen LogP contribution in [0.5, 0.6) is 0 Å². The molecule has 0 aromatic heterocycles. The SMILES string of the molecule is OCCCCCCO[C@@H]1O[C@H](CO[C@@H]2O[C@H](CO)[C@H](O)[C@H](O)[C@H]2O)[C@H](O)[C@H](O)[C@H]1O. The normalized spacial score (nSPS) is 42.4. The molecular formula is C18H34O12. The summed E-state index contributed by atoms with van der Waals surface area (Å²) in [6.07, 6.45) is -11.3. The highest BCUT2D eigenvalue weighted by molar-refractivity contribution is 4.91. The van der Waals surface area contributed by atoms with Crippen LogP contribution in [0, 0.1) is 0 Å². The number of unbranched alkanes of at least 4 members (excludes halogenated alkanes) is 3. The van der Waals surface area contributed by atoms with Crippen LogP contribution >= 0.6 is 0 Å². The minimum Gasteiger partial charge on any atom is -0.396 e. The molecule has 10 atom stereocenters. The van der Waals surface area contributed by atoms with E-state index >= 15 is 0 Å². The molecule has 0 unspecified atom stereocenters. The van der Waals surface area contributed by atoms with Crippen LogP contribution in [0.15, 0.2) is 0 Å². The van der Waals surface area contributed by atoms with E-state index in [4.69, 9.17) is 24.1 Å². The monoisotopic (exact) mass is 442 g/mol. The van der Waals surface area contributed by atoms with Crippen molar-refractivity contribution in [2.75, 3.05) is 26.4 Å². The van der Waals surface area contributed by atoms with Gasteiger partial charge in [-0.2, -0.15) is 0 Å². The third kappa shape index (κ3) is 6.51. The molecule has 2 aliphatic rings. The molecule has 178 valence electrons. The maximum absolute atomic E-state index is 10.2. The smallest absolute Gasteiger partial charge is 0.186 e. The average Bonchev–Trinajstić information content (AvgIpc) is 2.74. The van der Waals surface area contributed by atoms with E-state index in [0.717, 1.165) is 12.8 Å². The van der Waals surface area contributed by atoms with Crippen molar-refractivity contribution in [2.45, 2.75) is 87.1 Å². The summed E-state index contributed by atoms with van der Waals surface area (Å²) in [4.78, 5) is 0. The first-order chi connectivity index (χ1) is 14.3. The highest BCUT2D eigenvalue weighted by Gasteiger charge is 2.47. The number of hydrogen-bond donors (Lipinski definition) is 8. The van der Waals surface area contributed by atoms with Gasteiger partial charge < -0.3 is 59.8 Å². The zero-order valence-electron chi connectivity index (χ0n) is 16.6. The minimum absolute atomic E-state index is 0.117. The second-order valence-electron chi connectivity index (χ2n) is 7.55. The van der Waals surface area contributed by atoms with E-state index in [0.29, 0.717) is 12.8 Å². The number of aliphatic hydroxyl groups excluding tert-OH is 8. The Hall–Kier alpha value is -0.480. The van der Waals surface area contributed by atoms with E-state index in [9.17, 15) is 35.7 Å². The summed E-state index contributed by atoms with van der Waals surface area (Å²) in [5.41, 5.74) is 0. The lowest BCUT2D eigenvalue weighted by Gasteiger charge is -2.42. The first-order valence-corrected chi connectivity index (χ1v) is 10.2. The third-order valence-corrected chi connectivity index (χ3v) is 5.28. The van der Waals surface area contributed by atoms with Crippen molar-refractivity contribution in [2.24, 2.45) is 0 Å². The largest absolute Gasteiger partial charge is 0.396 e. The molecule has 0 bridgehead atoms. The molecule has 2 saturated heterocycles. The van der Waals surface area contributed by atoms with Crippen molar-refractivity contribution >= 4 is 0 Å². The lowest BCUT2D eigenvalue weighted by atomic mass is 9.98. The summed E-state index contributed by atoms with van der Waals surface area (Å²) < 4.78 is 21.5. The quantitative estimate of drug-likeness (QED) is 0.145. The second kappa shape index (κ2) is 12.5. The summed E-state index contributed by atoms with van der Waals surface area (Å²) in [5, 5.41) is 77.8. The molecule has 0 aromatic carbocycles. The molecule has 8 N–H and O–H groups in total. The number of hydrogen-bond acceptors (Lipinski definition) is 12. The van der Waals surface area contributed by atoms with Crippen LogP contribution in [-0.4, -0.2) is 129 Å². The zero-order chi connectivity index (χ0) is 22.3. The second-order valence-corrected chi connectivity index (χ2v) is 7.55. The van der Waals surface area contributed by atoms with E-state index in [1.54, 1.807) is 0 Å². The van der Waals surface area contributed by atoms with Gasteiger partial charge in [-0.15, -0.1) is 0 Å². The van der Waals surface area contributed by atoms with Gasteiger partial charge in [-0.3, -0.25) is 0 Å². The van der Waals surface area contributed by atoms with Gasteiger partial charge in [-0.25, -0.2) is 0 Å². The fraction of sp³-hybridized carbons (Fsp3) is 1.00. The van der Waals surface area contributed by atoms with E-state index in [-0.39, 0.29) is 13.2 Å². The fourth-order valence-corrected chi connectivity index (χ4v) is 3.35. The number of ether oxygens (including phenoxy) is 4. The Balaban J connectivity index is 1.86. The van der Waals surface area contributed by atoms with Crippen molar-refractivity contribution in [1.29, 1.82) is 0 Å². The van der Waals surface area contributed by atoms with Crippen molar-refractivity contribution < 1.29 is 59.8 Å². The molecule has 2 fully saturated rings. The molecule has 12 heteroatoms. The fourth-order valence-electron chi connectivity index (χ4n) is 3.35. The highest BCUT2D eigenvalue weighted by atomic mass is 16.7. The topological polar surface area (TPSA) is 199 Å². The Bertz CT molecular complexity index is 480. The van der Waals surface area contributed by atoms with Crippen LogP contribution in [-0.2, 0) is 18.9 Å². The van der Waals surface area contributed by atoms with Crippen molar-refractivity contribution in [1.82, 2.24) is 0 Å². The first-order valence-electron chi connectivity index (χ1n) is 10.2. The molecule has 0 amide bonds. The number of rotatable bonds is 11. The zero-order valence-corrected chi connectivity index (χ0v) is 16.6. The summed E-state index contributed by atoms with van der Waals surface area (Å²) in [7, 11) is 0. The molecular weight excluding hydrogens is 408 g/mol. The third-order valence-electron chi connectivity index (χ3n) is 5.28. The van der Waals surface area contributed by atoms with Crippen LogP contribution in [0.25, 0.3) is 0 Å². The molecule has 2 aliphatic heterocycles. The minimum atomic E-state index is -1.62. The van der Waals surface area contributed by atoms with Gasteiger partial charge in [0.2, 0.25) is 0 Å². The van der Waals surface area contributed by atoms with E-state index in [1.807, 2.05) is 0 Å². The summed E-state index contributed by atoms with van der Waals surface area (Å²) in [5.74, 6) is 0. The molecule has 12 nitrogen and oxygen atoms in total. The van der Waals surface area contributed by atoms with Crippen molar-refractivity contribution in [3.05, 3.63) is 0 Å². The van der Waals surface area contributed by atoms with Gasteiger partial charge in [-0.05, 0) is 12.8 Å². The average molecular weight is 442 g/mol. The highest BCUT2D eigenvalue weighted by Crippen LogP contribution is 2.26. The van der Waals surface area contributed by atoms with Gasteiger partial charge in [-0.1, -0.05) is 12.8 Å². The molecule has 30 heavy (non-hydrogen) atoms. The summed E-state index contributed by atoms with van der Waals surface area (Å²) in [6.45, 7) is -0.668. The van der Waals surface area contributed by atoms with E-state index in [2.05, 4.69) is 0 Å². The van der Waals surface area contributed by atoms with E-state index < -0.39 is 74.6 Å². The van der Waals surface area contributed by atoms with E-state index in [1.165, 1.54) is 0 Å². The lowest BCUT2D eigenvalue weighted by Crippen LogP contribution is -2.61. The Morgan fingerprint density at radius 1 is 0.567 bits per heavy atom. The first kappa shape index (κ1) is 25.8. The Kier molecular flexibility index (Phi) is 10.8. The predicted molar refractivity (Wildman–Crippen MR) is 97.9 cm³/mol. The molecule has 2 rings (SSSR count). The maximum Gasteiger partial charge on any atom is 0.186 e. The number of aliphatic hydroxyl groups is 8. The molecule has 0 saturated carbocycles. The molecule has 2 heterocycles.